The topological polar surface area (TPSA) is 0 Å². The van der Waals surface area contributed by atoms with E-state index in [1.807, 2.05) is 0 Å². The Balaban J connectivity index is 3.32. The first-order chi connectivity index (χ1) is 5.82. The number of halogens is 4. The van der Waals surface area contributed by atoms with E-state index in [9.17, 15) is 12.9 Å². The Labute approximate surface area is 79.8 Å². The molecule has 0 unspecified atom stereocenters. The van der Waals surface area contributed by atoms with Gasteiger partial charge in [0.05, 0.1) is 0 Å². The van der Waals surface area contributed by atoms with Crippen molar-refractivity contribution in [3.63, 3.8) is 0 Å². The van der Waals surface area contributed by atoms with Crippen molar-refractivity contribution in [2.24, 2.45) is 0 Å². The van der Waals surface area contributed by atoms with Gasteiger partial charge in [0.1, 0.15) is 0 Å². The number of rotatable bonds is 1. The molecular formula is C8H8BClF3-. The largest absolute Gasteiger partial charge is 0.509 e. The summed E-state index contributed by atoms with van der Waals surface area (Å²) in [5.74, 6) is 0. The summed E-state index contributed by atoms with van der Waals surface area (Å²) in [6.45, 7) is -1.95. The second kappa shape index (κ2) is 3.26. The zero-order valence-electron chi connectivity index (χ0n) is 7.24. The number of hydrogen-bond acceptors (Lipinski definition) is 0. The van der Waals surface area contributed by atoms with E-state index < -0.39 is 12.4 Å². The number of benzene rings is 1. The third kappa shape index (κ3) is 2.18. The fourth-order valence-corrected chi connectivity index (χ4v) is 1.37. The van der Waals surface area contributed by atoms with Crippen molar-refractivity contribution >= 4 is 24.0 Å². The molecule has 0 nitrogen and oxygen atoms in total. The molecule has 0 saturated carbocycles. The van der Waals surface area contributed by atoms with Crippen LogP contribution in [0.5, 0.6) is 0 Å². The van der Waals surface area contributed by atoms with Gasteiger partial charge in [-0.3, -0.25) is 0 Å². The molecule has 1 rings (SSSR count). The number of hydrogen-bond donors (Lipinski definition) is 0. The fourth-order valence-electron chi connectivity index (χ4n) is 1.16. The van der Waals surface area contributed by atoms with Crippen LogP contribution in [0.15, 0.2) is 12.1 Å². The van der Waals surface area contributed by atoms with Gasteiger partial charge in [-0.15, -0.1) is 5.46 Å². The molecule has 0 bridgehead atoms. The van der Waals surface area contributed by atoms with Gasteiger partial charge >= 0.3 is 6.98 Å². The highest BCUT2D eigenvalue weighted by atomic mass is 35.5. The van der Waals surface area contributed by atoms with Crippen LogP contribution in [0.3, 0.4) is 0 Å². The van der Waals surface area contributed by atoms with E-state index in [2.05, 4.69) is 0 Å². The minimum Gasteiger partial charge on any atom is -0.445 e. The zero-order valence-corrected chi connectivity index (χ0v) is 8.00. The Kier molecular flexibility index (Phi) is 2.62. The lowest BCUT2D eigenvalue weighted by Crippen LogP contribution is -2.36. The lowest BCUT2D eigenvalue weighted by atomic mass is 9.76. The fraction of sp³-hybridized carbons (Fsp3) is 0.250. The first-order valence-electron chi connectivity index (χ1n) is 3.79. The molecule has 5 heteroatoms. The predicted molar refractivity (Wildman–Crippen MR) is 49.6 cm³/mol. The molecule has 0 N–H and O–H groups in total. The van der Waals surface area contributed by atoms with Crippen LogP contribution in [0.1, 0.15) is 11.1 Å². The molecule has 0 fully saturated rings. The van der Waals surface area contributed by atoms with Gasteiger partial charge in [0.15, 0.2) is 0 Å². The highest BCUT2D eigenvalue weighted by molar-refractivity contribution is 6.74. The molecule has 0 saturated heterocycles. The standard InChI is InChI=1S/C8H8BClF3/c1-5-4-8(10)6(2)3-7(5)9(11,12)13/h3-4H,1-2H3/q-1. The summed E-state index contributed by atoms with van der Waals surface area (Å²) in [7, 11) is 0. The molecular weight excluding hydrogens is 199 g/mol. The van der Waals surface area contributed by atoms with Crippen LogP contribution in [-0.4, -0.2) is 6.98 Å². The van der Waals surface area contributed by atoms with Crippen LogP contribution in [0.2, 0.25) is 5.02 Å². The van der Waals surface area contributed by atoms with Crippen LogP contribution in [0.4, 0.5) is 12.9 Å². The predicted octanol–water partition coefficient (Wildman–Crippen LogP) is 3.01. The molecule has 0 aliphatic rings. The molecule has 72 valence electrons. The second-order valence-electron chi connectivity index (χ2n) is 3.03. The average molecular weight is 207 g/mol. The first-order valence-corrected chi connectivity index (χ1v) is 4.16. The molecule has 0 amide bonds. The Hall–Kier alpha value is -0.635. The summed E-state index contributed by atoms with van der Waals surface area (Å²) in [4.78, 5) is 0. The van der Waals surface area contributed by atoms with E-state index in [1.165, 1.54) is 13.0 Å². The van der Waals surface area contributed by atoms with Crippen LogP contribution < -0.4 is 5.46 Å². The molecule has 0 aromatic heterocycles. The molecule has 13 heavy (non-hydrogen) atoms. The smallest absolute Gasteiger partial charge is 0.445 e. The normalized spacial score (nSPS) is 11.8. The highest BCUT2D eigenvalue weighted by Gasteiger charge is 2.27. The van der Waals surface area contributed by atoms with Gasteiger partial charge in [-0.05, 0) is 25.5 Å². The summed E-state index contributed by atoms with van der Waals surface area (Å²) in [6, 6.07) is 2.44. The van der Waals surface area contributed by atoms with Gasteiger partial charge in [0.2, 0.25) is 0 Å². The van der Waals surface area contributed by atoms with E-state index in [1.54, 1.807) is 6.92 Å². The van der Waals surface area contributed by atoms with Gasteiger partial charge < -0.3 is 12.9 Å². The quantitative estimate of drug-likeness (QED) is 0.621. The third-order valence-electron chi connectivity index (χ3n) is 1.90. The summed E-state index contributed by atoms with van der Waals surface area (Å²) in [5, 5.41) is 0.376. The maximum absolute atomic E-state index is 12.4. The van der Waals surface area contributed by atoms with E-state index >= 15 is 0 Å². The van der Waals surface area contributed by atoms with Gasteiger partial charge in [-0.1, -0.05) is 23.2 Å². The minimum atomic E-state index is -4.92. The van der Waals surface area contributed by atoms with Gasteiger partial charge in [-0.25, -0.2) is 0 Å². The molecule has 0 aliphatic carbocycles. The van der Waals surface area contributed by atoms with Crippen molar-refractivity contribution < 1.29 is 12.9 Å². The Morgan fingerprint density at radius 2 is 1.62 bits per heavy atom. The second-order valence-corrected chi connectivity index (χ2v) is 3.44. The van der Waals surface area contributed by atoms with Crippen LogP contribution >= 0.6 is 11.6 Å². The van der Waals surface area contributed by atoms with Gasteiger partial charge in [-0.2, -0.15) is 0 Å². The maximum Gasteiger partial charge on any atom is 0.509 e. The van der Waals surface area contributed by atoms with Crippen molar-refractivity contribution in [2.75, 3.05) is 0 Å². The van der Waals surface area contributed by atoms with Crippen LogP contribution in [-0.2, 0) is 0 Å². The monoisotopic (exact) mass is 207 g/mol. The molecule has 0 spiro atoms. The lowest BCUT2D eigenvalue weighted by Gasteiger charge is -2.18. The first kappa shape index (κ1) is 10.4. The maximum atomic E-state index is 12.4. The summed E-state index contributed by atoms with van der Waals surface area (Å²) < 4.78 is 37.1. The molecule has 1 aromatic rings. The van der Waals surface area contributed by atoms with Gasteiger partial charge in [0, 0.05) is 5.02 Å². The molecule has 1 aromatic carbocycles. The van der Waals surface area contributed by atoms with E-state index in [-0.39, 0.29) is 5.56 Å². The Morgan fingerprint density at radius 3 is 2.08 bits per heavy atom. The lowest BCUT2D eigenvalue weighted by molar-refractivity contribution is 0.500. The average Bonchev–Trinajstić information content (AvgIpc) is 1.94. The summed E-state index contributed by atoms with van der Waals surface area (Å²) in [5.41, 5.74) is 0.0893. The van der Waals surface area contributed by atoms with Crippen molar-refractivity contribution in [1.29, 1.82) is 0 Å². The highest BCUT2D eigenvalue weighted by Crippen LogP contribution is 2.19. The van der Waals surface area contributed by atoms with Crippen molar-refractivity contribution in [3.05, 3.63) is 28.3 Å². The van der Waals surface area contributed by atoms with Crippen molar-refractivity contribution in [2.45, 2.75) is 13.8 Å². The Morgan fingerprint density at radius 1 is 1.08 bits per heavy atom. The molecule has 0 aliphatic heterocycles. The van der Waals surface area contributed by atoms with Crippen molar-refractivity contribution in [3.8, 4) is 0 Å². The van der Waals surface area contributed by atoms with Gasteiger partial charge in [0.25, 0.3) is 0 Å². The zero-order chi connectivity index (χ0) is 10.2. The molecule has 0 heterocycles. The minimum absolute atomic E-state index is 0.183. The Bertz CT molecular complexity index is 333. The SMILES string of the molecule is Cc1cc([B-](F)(F)F)c(C)cc1Cl. The molecule has 0 radical (unpaired) electrons. The summed E-state index contributed by atoms with van der Waals surface area (Å²) >= 11 is 5.68. The van der Waals surface area contributed by atoms with E-state index in [0.29, 0.717) is 10.6 Å². The summed E-state index contributed by atoms with van der Waals surface area (Å²) in [6.07, 6.45) is 0. The van der Waals surface area contributed by atoms with Crippen LogP contribution in [0, 0.1) is 13.8 Å². The van der Waals surface area contributed by atoms with Crippen molar-refractivity contribution in [1.82, 2.24) is 0 Å². The third-order valence-corrected chi connectivity index (χ3v) is 2.31. The molecule has 0 atom stereocenters. The van der Waals surface area contributed by atoms with E-state index in [0.717, 1.165) is 6.07 Å². The van der Waals surface area contributed by atoms with E-state index in [4.69, 9.17) is 11.6 Å². The van der Waals surface area contributed by atoms with Crippen LogP contribution in [0.25, 0.3) is 0 Å². The number of aryl methyl sites for hydroxylation is 2.